The molecule has 1 aliphatic carbocycles. The summed E-state index contributed by atoms with van der Waals surface area (Å²) in [7, 11) is 0. The van der Waals surface area contributed by atoms with Crippen LogP contribution in [-0.4, -0.2) is 16.3 Å². The molecule has 1 aromatic carbocycles. The number of anilines is 1. The Morgan fingerprint density at radius 1 is 1.26 bits per heavy atom. The molecule has 3 atom stereocenters. The van der Waals surface area contributed by atoms with Crippen molar-refractivity contribution in [2.24, 2.45) is 11.8 Å². The number of allylic oxidation sites excluding steroid dienone is 2. The molecular weight excluding hydrogens is 238 g/mol. The Bertz CT molecular complexity index is 507. The SMILES string of the molecule is CC(C)C1Nc2ccc(C(O)O)cc2C2C=CCC21. The summed E-state index contributed by atoms with van der Waals surface area (Å²) in [5, 5.41) is 22.3. The Labute approximate surface area is 114 Å². The summed E-state index contributed by atoms with van der Waals surface area (Å²) < 4.78 is 0. The topological polar surface area (TPSA) is 52.5 Å². The summed E-state index contributed by atoms with van der Waals surface area (Å²) in [5.74, 6) is 1.57. The van der Waals surface area contributed by atoms with Crippen LogP contribution in [0.1, 0.15) is 43.6 Å². The fraction of sp³-hybridized carbons (Fsp3) is 0.500. The normalized spacial score (nSPS) is 28.4. The van der Waals surface area contributed by atoms with Crippen molar-refractivity contribution in [2.75, 3.05) is 5.32 Å². The number of hydrogen-bond acceptors (Lipinski definition) is 3. The van der Waals surface area contributed by atoms with Gasteiger partial charge in [0.2, 0.25) is 0 Å². The highest BCUT2D eigenvalue weighted by Gasteiger charge is 2.38. The van der Waals surface area contributed by atoms with E-state index in [1.807, 2.05) is 12.1 Å². The molecule has 0 bridgehead atoms. The van der Waals surface area contributed by atoms with Crippen LogP contribution in [0.4, 0.5) is 5.69 Å². The summed E-state index contributed by atoms with van der Waals surface area (Å²) in [6, 6.07) is 6.17. The van der Waals surface area contributed by atoms with Gasteiger partial charge in [-0.25, -0.2) is 0 Å². The van der Waals surface area contributed by atoms with E-state index >= 15 is 0 Å². The zero-order valence-corrected chi connectivity index (χ0v) is 11.4. The lowest BCUT2D eigenvalue weighted by molar-refractivity contribution is -0.0425. The quantitative estimate of drug-likeness (QED) is 0.565. The van der Waals surface area contributed by atoms with Gasteiger partial charge in [0.05, 0.1) is 0 Å². The molecule has 0 spiro atoms. The maximum Gasteiger partial charge on any atom is 0.178 e. The van der Waals surface area contributed by atoms with Crippen LogP contribution >= 0.6 is 0 Å². The summed E-state index contributed by atoms with van der Waals surface area (Å²) >= 11 is 0. The van der Waals surface area contributed by atoms with Gasteiger partial charge in [-0.1, -0.05) is 32.1 Å². The molecular formula is C16H21NO2. The average Bonchev–Trinajstić information content (AvgIpc) is 2.86. The Kier molecular flexibility index (Phi) is 3.11. The Morgan fingerprint density at radius 2 is 2.05 bits per heavy atom. The Hall–Kier alpha value is -1.32. The third-order valence-corrected chi connectivity index (χ3v) is 4.45. The van der Waals surface area contributed by atoms with Crippen LogP contribution in [0.5, 0.6) is 0 Å². The van der Waals surface area contributed by atoms with E-state index < -0.39 is 6.29 Å². The van der Waals surface area contributed by atoms with Crippen LogP contribution < -0.4 is 5.32 Å². The highest BCUT2D eigenvalue weighted by molar-refractivity contribution is 5.59. The molecule has 0 aromatic heterocycles. The lowest BCUT2D eigenvalue weighted by Gasteiger charge is -2.39. The molecule has 0 saturated heterocycles. The molecule has 0 saturated carbocycles. The van der Waals surface area contributed by atoms with Gasteiger partial charge in [0.1, 0.15) is 0 Å². The number of rotatable bonds is 2. The molecule has 3 unspecified atom stereocenters. The average molecular weight is 259 g/mol. The van der Waals surface area contributed by atoms with Gasteiger partial charge in [0.15, 0.2) is 6.29 Å². The first kappa shape index (κ1) is 12.7. The number of nitrogens with one attached hydrogen (secondary N) is 1. The molecule has 102 valence electrons. The number of hydrogen-bond donors (Lipinski definition) is 3. The van der Waals surface area contributed by atoms with Crippen molar-refractivity contribution in [3.05, 3.63) is 41.5 Å². The van der Waals surface area contributed by atoms with Gasteiger partial charge in [0, 0.05) is 23.2 Å². The first-order chi connectivity index (χ1) is 9.08. The molecule has 1 heterocycles. The lowest BCUT2D eigenvalue weighted by Crippen LogP contribution is -2.39. The van der Waals surface area contributed by atoms with Crippen molar-refractivity contribution in [3.8, 4) is 0 Å². The summed E-state index contributed by atoms with van der Waals surface area (Å²) in [4.78, 5) is 0. The van der Waals surface area contributed by atoms with Crippen molar-refractivity contribution >= 4 is 5.69 Å². The van der Waals surface area contributed by atoms with Gasteiger partial charge in [-0.15, -0.1) is 0 Å². The molecule has 3 N–H and O–H groups in total. The van der Waals surface area contributed by atoms with E-state index in [1.54, 1.807) is 6.07 Å². The van der Waals surface area contributed by atoms with E-state index in [1.165, 1.54) is 5.56 Å². The number of fused-ring (bicyclic) bond motifs is 3. The highest BCUT2D eigenvalue weighted by atomic mass is 16.5. The predicted molar refractivity (Wildman–Crippen MR) is 75.9 cm³/mol. The van der Waals surface area contributed by atoms with Crippen molar-refractivity contribution in [2.45, 2.75) is 38.5 Å². The highest BCUT2D eigenvalue weighted by Crippen LogP contribution is 2.46. The largest absolute Gasteiger partial charge is 0.381 e. The summed E-state index contributed by atoms with van der Waals surface area (Å²) in [6.07, 6.45) is 4.24. The lowest BCUT2D eigenvalue weighted by atomic mass is 9.75. The number of aliphatic hydroxyl groups excluding tert-OH is 1. The van der Waals surface area contributed by atoms with Crippen LogP contribution in [0, 0.1) is 11.8 Å². The summed E-state index contributed by atoms with van der Waals surface area (Å²) in [5.41, 5.74) is 2.90. The standard InChI is InChI=1S/C16H21NO2/c1-9(2)15-12-5-3-4-11(12)13-8-10(16(18)19)6-7-14(13)17-15/h3-4,6-9,11-12,15-19H,5H2,1-2H3. The van der Waals surface area contributed by atoms with Crippen LogP contribution in [-0.2, 0) is 0 Å². The maximum absolute atomic E-state index is 9.32. The number of benzene rings is 1. The molecule has 0 radical (unpaired) electrons. The molecule has 19 heavy (non-hydrogen) atoms. The van der Waals surface area contributed by atoms with E-state index in [9.17, 15) is 10.2 Å². The molecule has 1 aliphatic heterocycles. The van der Waals surface area contributed by atoms with Gasteiger partial charge >= 0.3 is 0 Å². The Morgan fingerprint density at radius 3 is 2.74 bits per heavy atom. The van der Waals surface area contributed by atoms with Crippen molar-refractivity contribution < 1.29 is 10.2 Å². The number of aliphatic hydroxyl groups is 2. The van der Waals surface area contributed by atoms with E-state index in [2.05, 4.69) is 31.3 Å². The monoisotopic (exact) mass is 259 g/mol. The molecule has 2 aliphatic rings. The first-order valence-electron chi connectivity index (χ1n) is 7.01. The molecule has 0 amide bonds. The van der Waals surface area contributed by atoms with Crippen molar-refractivity contribution in [3.63, 3.8) is 0 Å². The molecule has 3 rings (SSSR count). The second kappa shape index (κ2) is 4.66. The fourth-order valence-corrected chi connectivity index (χ4v) is 3.47. The van der Waals surface area contributed by atoms with Gasteiger partial charge in [-0.05, 0) is 36.0 Å². The zero-order valence-electron chi connectivity index (χ0n) is 11.4. The second-order valence-corrected chi connectivity index (χ2v) is 5.99. The van der Waals surface area contributed by atoms with Crippen LogP contribution in [0.2, 0.25) is 0 Å². The van der Waals surface area contributed by atoms with Gasteiger partial charge in [-0.2, -0.15) is 0 Å². The van der Waals surface area contributed by atoms with Crippen molar-refractivity contribution in [1.29, 1.82) is 0 Å². The van der Waals surface area contributed by atoms with E-state index in [0.29, 0.717) is 29.4 Å². The van der Waals surface area contributed by atoms with Crippen LogP contribution in [0.3, 0.4) is 0 Å². The zero-order chi connectivity index (χ0) is 13.6. The minimum absolute atomic E-state index is 0.405. The van der Waals surface area contributed by atoms with E-state index in [-0.39, 0.29) is 0 Å². The Balaban J connectivity index is 2.03. The first-order valence-corrected chi connectivity index (χ1v) is 7.01. The predicted octanol–water partition coefficient (Wildman–Crippen LogP) is 2.78. The minimum Gasteiger partial charge on any atom is -0.381 e. The molecule has 0 fully saturated rings. The van der Waals surface area contributed by atoms with E-state index in [0.717, 1.165) is 12.1 Å². The van der Waals surface area contributed by atoms with Crippen LogP contribution in [0.15, 0.2) is 30.4 Å². The third-order valence-electron chi connectivity index (χ3n) is 4.45. The van der Waals surface area contributed by atoms with Crippen LogP contribution in [0.25, 0.3) is 0 Å². The van der Waals surface area contributed by atoms with Crippen molar-refractivity contribution in [1.82, 2.24) is 0 Å². The molecule has 3 nitrogen and oxygen atoms in total. The maximum atomic E-state index is 9.32. The minimum atomic E-state index is -1.39. The summed E-state index contributed by atoms with van der Waals surface area (Å²) in [6.45, 7) is 4.51. The smallest absolute Gasteiger partial charge is 0.178 e. The van der Waals surface area contributed by atoms with E-state index in [4.69, 9.17) is 0 Å². The third kappa shape index (κ3) is 2.07. The molecule has 1 aromatic rings. The van der Waals surface area contributed by atoms with Gasteiger partial charge in [0.25, 0.3) is 0 Å². The second-order valence-electron chi connectivity index (χ2n) is 5.99. The fourth-order valence-electron chi connectivity index (χ4n) is 3.47. The van der Waals surface area contributed by atoms with Gasteiger partial charge in [-0.3, -0.25) is 0 Å². The molecule has 3 heteroatoms. The van der Waals surface area contributed by atoms with Gasteiger partial charge < -0.3 is 15.5 Å².